The molecular weight excluding hydrogens is 511 g/mol. The minimum absolute atomic E-state index is 0.0428. The molecular formula is C28H29FN2O4S2. The number of ether oxygens (including phenoxy) is 1. The quantitative estimate of drug-likeness (QED) is 0.250. The van der Waals surface area contributed by atoms with Gasteiger partial charge in [0, 0.05) is 15.5 Å². The van der Waals surface area contributed by atoms with Gasteiger partial charge in [-0.2, -0.15) is 0 Å². The van der Waals surface area contributed by atoms with Gasteiger partial charge in [0.05, 0.1) is 23.0 Å². The molecule has 4 rings (SSSR count). The van der Waals surface area contributed by atoms with Crippen LogP contribution < -0.4 is 10.6 Å². The third-order valence-corrected chi connectivity index (χ3v) is 8.38. The first kappa shape index (κ1) is 26.9. The second kappa shape index (κ2) is 11.9. The molecule has 0 fully saturated rings. The number of rotatable bonds is 8. The number of fused-ring (bicyclic) bond motifs is 1. The number of carbonyl (C=O) groups is 3. The molecule has 0 bridgehead atoms. The fourth-order valence-corrected chi connectivity index (χ4v) is 6.55. The van der Waals surface area contributed by atoms with Gasteiger partial charge in [-0.1, -0.05) is 25.1 Å². The van der Waals surface area contributed by atoms with Crippen LogP contribution in [0.4, 0.5) is 15.1 Å². The van der Waals surface area contributed by atoms with E-state index in [-0.39, 0.29) is 18.1 Å². The van der Waals surface area contributed by atoms with Crippen LogP contribution in [0.2, 0.25) is 0 Å². The molecule has 0 saturated carbocycles. The third-order valence-electron chi connectivity index (χ3n) is 6.12. The molecule has 1 aliphatic rings. The lowest BCUT2D eigenvalue weighted by molar-refractivity contribution is -0.115. The van der Waals surface area contributed by atoms with Crippen LogP contribution in [0.15, 0.2) is 53.4 Å². The van der Waals surface area contributed by atoms with Gasteiger partial charge in [0.15, 0.2) is 0 Å². The van der Waals surface area contributed by atoms with Gasteiger partial charge in [-0.25, -0.2) is 9.18 Å². The van der Waals surface area contributed by atoms with Crippen molar-refractivity contribution in [3.63, 3.8) is 0 Å². The van der Waals surface area contributed by atoms with Crippen molar-refractivity contribution in [3.8, 4) is 0 Å². The largest absolute Gasteiger partial charge is 0.462 e. The van der Waals surface area contributed by atoms with Crippen LogP contribution in [0.3, 0.4) is 0 Å². The van der Waals surface area contributed by atoms with E-state index in [0.29, 0.717) is 22.2 Å². The maximum Gasteiger partial charge on any atom is 0.341 e. The van der Waals surface area contributed by atoms with Crippen LogP contribution in [-0.4, -0.2) is 29.6 Å². The highest BCUT2D eigenvalue weighted by Crippen LogP contribution is 2.40. The average Bonchev–Trinajstić information content (AvgIpc) is 3.21. The van der Waals surface area contributed by atoms with Crippen LogP contribution >= 0.6 is 23.1 Å². The number of anilines is 2. The average molecular weight is 541 g/mol. The third kappa shape index (κ3) is 6.40. The Balaban J connectivity index is 1.45. The molecule has 0 saturated heterocycles. The first-order chi connectivity index (χ1) is 17.8. The molecule has 6 nitrogen and oxygen atoms in total. The summed E-state index contributed by atoms with van der Waals surface area (Å²) in [5, 5.41) is 5.73. The number of nitrogens with one attached hydrogen (secondary N) is 2. The van der Waals surface area contributed by atoms with Gasteiger partial charge in [0.25, 0.3) is 5.91 Å². The SMILES string of the molecule is CCOC(=O)c1c(NC(=O)C(C)Sc2cccc(NC(=O)c3ccccc3F)c2)sc2c1CCC(C)C2. The molecule has 1 aromatic heterocycles. The number of carbonyl (C=O) groups excluding carboxylic acids is 3. The molecule has 3 aromatic rings. The summed E-state index contributed by atoms with van der Waals surface area (Å²) in [6.45, 7) is 6.01. The van der Waals surface area contributed by atoms with Crippen molar-refractivity contribution in [2.24, 2.45) is 5.92 Å². The highest BCUT2D eigenvalue weighted by Gasteiger charge is 2.30. The first-order valence-corrected chi connectivity index (χ1v) is 13.9. The fraction of sp³-hybridized carbons (Fsp3) is 0.321. The molecule has 0 spiro atoms. The molecule has 2 amide bonds. The predicted octanol–water partition coefficient (Wildman–Crippen LogP) is 6.56. The number of hydrogen-bond donors (Lipinski definition) is 2. The summed E-state index contributed by atoms with van der Waals surface area (Å²) in [6, 6.07) is 12.8. The molecule has 0 aliphatic heterocycles. The van der Waals surface area contributed by atoms with Gasteiger partial charge in [-0.05, 0) is 74.9 Å². The number of thiophene rings is 1. The van der Waals surface area contributed by atoms with Crippen LogP contribution in [0.5, 0.6) is 0 Å². The summed E-state index contributed by atoms with van der Waals surface area (Å²) >= 11 is 2.78. The Morgan fingerprint density at radius 1 is 1.16 bits per heavy atom. The minimum Gasteiger partial charge on any atom is -0.462 e. The molecule has 2 atom stereocenters. The Labute approximate surface area is 224 Å². The lowest BCUT2D eigenvalue weighted by Crippen LogP contribution is -2.23. The summed E-state index contributed by atoms with van der Waals surface area (Å²) in [6.07, 6.45) is 2.68. The number of hydrogen-bond acceptors (Lipinski definition) is 6. The molecule has 9 heteroatoms. The zero-order valence-corrected chi connectivity index (χ0v) is 22.6. The Morgan fingerprint density at radius 3 is 2.70 bits per heavy atom. The summed E-state index contributed by atoms with van der Waals surface area (Å²) < 4.78 is 19.2. The van der Waals surface area contributed by atoms with Gasteiger partial charge >= 0.3 is 5.97 Å². The van der Waals surface area contributed by atoms with Crippen LogP contribution in [-0.2, 0) is 22.4 Å². The van der Waals surface area contributed by atoms with Gasteiger partial charge < -0.3 is 15.4 Å². The molecule has 0 radical (unpaired) electrons. The summed E-state index contributed by atoms with van der Waals surface area (Å²) in [7, 11) is 0. The Bertz CT molecular complexity index is 1320. The van der Waals surface area contributed by atoms with E-state index in [2.05, 4.69) is 17.6 Å². The van der Waals surface area contributed by atoms with E-state index in [1.54, 1.807) is 38.1 Å². The van der Waals surface area contributed by atoms with Gasteiger partial charge in [0.1, 0.15) is 10.8 Å². The number of esters is 1. The maximum absolute atomic E-state index is 13.9. The van der Waals surface area contributed by atoms with Crippen molar-refractivity contribution in [1.82, 2.24) is 0 Å². The van der Waals surface area contributed by atoms with E-state index >= 15 is 0 Å². The summed E-state index contributed by atoms with van der Waals surface area (Å²) in [4.78, 5) is 40.2. The number of amides is 2. The molecule has 2 aromatic carbocycles. The van der Waals surface area contributed by atoms with E-state index in [1.807, 2.05) is 6.07 Å². The van der Waals surface area contributed by atoms with E-state index in [1.165, 1.54) is 41.3 Å². The molecule has 2 unspecified atom stereocenters. The molecule has 2 N–H and O–H groups in total. The highest BCUT2D eigenvalue weighted by molar-refractivity contribution is 8.00. The van der Waals surface area contributed by atoms with Crippen molar-refractivity contribution in [1.29, 1.82) is 0 Å². The molecule has 37 heavy (non-hydrogen) atoms. The second-order valence-corrected chi connectivity index (χ2v) is 11.5. The van der Waals surface area contributed by atoms with E-state index in [0.717, 1.165) is 34.6 Å². The van der Waals surface area contributed by atoms with Gasteiger partial charge in [-0.15, -0.1) is 23.1 Å². The number of halogens is 1. The predicted molar refractivity (Wildman–Crippen MR) is 146 cm³/mol. The van der Waals surface area contributed by atoms with E-state index < -0.39 is 22.9 Å². The summed E-state index contributed by atoms with van der Waals surface area (Å²) in [5.41, 5.74) is 1.93. The zero-order valence-electron chi connectivity index (χ0n) is 20.9. The Morgan fingerprint density at radius 2 is 1.95 bits per heavy atom. The Hall–Kier alpha value is -3.17. The second-order valence-electron chi connectivity index (χ2n) is 8.99. The van der Waals surface area contributed by atoms with E-state index in [4.69, 9.17) is 4.74 Å². The fourth-order valence-electron chi connectivity index (χ4n) is 4.22. The van der Waals surface area contributed by atoms with Crippen molar-refractivity contribution in [3.05, 3.63) is 75.9 Å². The monoisotopic (exact) mass is 540 g/mol. The first-order valence-electron chi connectivity index (χ1n) is 12.2. The van der Waals surface area contributed by atoms with Gasteiger partial charge in [-0.3, -0.25) is 9.59 Å². The normalized spacial score (nSPS) is 15.4. The topological polar surface area (TPSA) is 84.5 Å². The van der Waals surface area contributed by atoms with Crippen molar-refractivity contribution in [2.45, 2.75) is 50.2 Å². The standard InChI is InChI=1S/C28H29FN2O4S2/c1-4-35-28(34)24-21-13-12-16(2)14-23(21)37-27(24)31-25(32)17(3)36-19-9-7-8-18(15-19)30-26(33)20-10-5-6-11-22(20)29/h5-11,15-17H,4,12-14H2,1-3H3,(H,30,33)(H,31,32). The van der Waals surface area contributed by atoms with Crippen molar-refractivity contribution in [2.75, 3.05) is 17.2 Å². The molecule has 1 heterocycles. The molecule has 194 valence electrons. The van der Waals surface area contributed by atoms with Crippen LogP contribution in [0.1, 0.15) is 58.3 Å². The smallest absolute Gasteiger partial charge is 0.341 e. The van der Waals surface area contributed by atoms with Crippen LogP contribution in [0.25, 0.3) is 0 Å². The van der Waals surface area contributed by atoms with Gasteiger partial charge in [0.2, 0.25) is 5.91 Å². The number of thioether (sulfide) groups is 1. The minimum atomic E-state index is -0.595. The maximum atomic E-state index is 13.9. The highest BCUT2D eigenvalue weighted by atomic mass is 32.2. The zero-order chi connectivity index (χ0) is 26.5. The van der Waals surface area contributed by atoms with Crippen molar-refractivity contribution >= 4 is 51.6 Å². The summed E-state index contributed by atoms with van der Waals surface area (Å²) in [5.74, 6) is -1.24. The Kier molecular flexibility index (Phi) is 8.66. The van der Waals surface area contributed by atoms with Crippen molar-refractivity contribution < 1.29 is 23.5 Å². The lowest BCUT2D eigenvalue weighted by atomic mass is 9.88. The lowest BCUT2D eigenvalue weighted by Gasteiger charge is -2.18. The molecule has 1 aliphatic carbocycles. The number of benzene rings is 2. The van der Waals surface area contributed by atoms with Crippen LogP contribution in [0, 0.1) is 11.7 Å². The van der Waals surface area contributed by atoms with E-state index in [9.17, 15) is 18.8 Å².